The fourth-order valence-electron chi connectivity index (χ4n) is 4.39. The van der Waals surface area contributed by atoms with Crippen molar-refractivity contribution in [2.24, 2.45) is 11.7 Å². The number of hydrogen-bond acceptors (Lipinski definition) is 3. The van der Waals surface area contributed by atoms with Gasteiger partial charge >= 0.3 is 6.18 Å². The molecule has 1 amide bonds. The summed E-state index contributed by atoms with van der Waals surface area (Å²) in [5.74, 6) is -0.229. The number of aryl methyl sites for hydroxylation is 1. The lowest BCUT2D eigenvalue weighted by Crippen LogP contribution is -2.51. The summed E-state index contributed by atoms with van der Waals surface area (Å²) in [7, 11) is 1.81. The Bertz CT molecular complexity index is 774. The van der Waals surface area contributed by atoms with Gasteiger partial charge < -0.3 is 10.6 Å². The maximum absolute atomic E-state index is 13.4. The number of carbonyl (C=O) groups excluding carboxylic acids is 1. The van der Waals surface area contributed by atoms with Crippen LogP contribution >= 0.6 is 0 Å². The van der Waals surface area contributed by atoms with Gasteiger partial charge in [-0.15, -0.1) is 0 Å². The number of rotatable bonds is 5. The molecule has 1 unspecified atom stereocenters. The molecule has 2 aliphatic rings. The lowest BCUT2D eigenvalue weighted by Gasteiger charge is -2.47. The number of halogens is 3. The summed E-state index contributed by atoms with van der Waals surface area (Å²) in [6.45, 7) is 1.36. The molecule has 0 aromatic carbocycles. The van der Waals surface area contributed by atoms with Crippen molar-refractivity contribution in [3.8, 4) is 0 Å². The number of alkyl halides is 3. The molecule has 1 aromatic heterocycles. The molecule has 2 heterocycles. The van der Waals surface area contributed by atoms with Crippen LogP contribution in [0.15, 0.2) is 30.1 Å². The molecule has 1 aliphatic carbocycles. The van der Waals surface area contributed by atoms with Crippen LogP contribution in [-0.2, 0) is 16.6 Å². The number of allylic oxidation sites excluding steroid dienone is 2. The number of likely N-dealkylation sites (N-methyl/N-ethyl adjacent to an activating group) is 1. The van der Waals surface area contributed by atoms with E-state index in [1.807, 2.05) is 30.3 Å². The Morgan fingerprint density at radius 1 is 1.37 bits per heavy atom. The standard InChI is InChI=1S/C19H25F3N4O/c1-13-16(19(20,21)22)12-26(24-13)18(10-9-17(23)27)15(8-5-11-25(18)2)14-6-3-4-7-14/h5,8,11-12,14H,3-4,6-7,9-10H2,1-2H3,(H2,23,27). The molecule has 2 N–H and O–H groups in total. The van der Waals surface area contributed by atoms with E-state index in [-0.39, 0.29) is 24.5 Å². The Morgan fingerprint density at radius 3 is 2.59 bits per heavy atom. The van der Waals surface area contributed by atoms with Crippen molar-refractivity contribution in [3.05, 3.63) is 41.4 Å². The number of primary amides is 1. The topological polar surface area (TPSA) is 64.2 Å². The van der Waals surface area contributed by atoms with Crippen LogP contribution in [0.2, 0.25) is 0 Å². The summed E-state index contributed by atoms with van der Waals surface area (Å²) < 4.78 is 41.6. The number of nitrogens with zero attached hydrogens (tertiary/aromatic N) is 3. The predicted molar refractivity (Wildman–Crippen MR) is 95.3 cm³/mol. The number of nitrogens with two attached hydrogens (primary N) is 1. The van der Waals surface area contributed by atoms with E-state index in [2.05, 4.69) is 5.10 Å². The molecule has 1 atom stereocenters. The monoisotopic (exact) mass is 382 g/mol. The van der Waals surface area contributed by atoms with Crippen molar-refractivity contribution in [3.63, 3.8) is 0 Å². The van der Waals surface area contributed by atoms with E-state index in [9.17, 15) is 18.0 Å². The van der Waals surface area contributed by atoms with Crippen molar-refractivity contribution in [1.82, 2.24) is 14.7 Å². The average Bonchev–Trinajstić information content (AvgIpc) is 3.22. The zero-order valence-electron chi connectivity index (χ0n) is 15.6. The van der Waals surface area contributed by atoms with Crippen molar-refractivity contribution >= 4 is 5.91 Å². The SMILES string of the molecule is Cc1nn(C2(CCC(N)=O)C(C3CCCC3)=CC=CN2C)cc1C(F)(F)F. The smallest absolute Gasteiger partial charge is 0.370 e. The minimum Gasteiger partial charge on any atom is -0.370 e. The molecule has 8 heteroatoms. The van der Waals surface area contributed by atoms with Crippen molar-refractivity contribution in [1.29, 1.82) is 0 Å². The molecule has 1 aliphatic heterocycles. The van der Waals surface area contributed by atoms with Gasteiger partial charge in [0.15, 0.2) is 5.66 Å². The Labute approximate surface area is 156 Å². The first kappa shape index (κ1) is 19.5. The van der Waals surface area contributed by atoms with Crippen molar-refractivity contribution < 1.29 is 18.0 Å². The molecule has 5 nitrogen and oxygen atoms in total. The number of amides is 1. The predicted octanol–water partition coefficient (Wildman–Crippen LogP) is 3.70. The third-order valence-electron chi connectivity index (χ3n) is 5.73. The van der Waals surface area contributed by atoms with Gasteiger partial charge in [-0.25, -0.2) is 4.68 Å². The van der Waals surface area contributed by atoms with Gasteiger partial charge in [-0.1, -0.05) is 18.9 Å². The number of carbonyl (C=O) groups is 1. The highest BCUT2D eigenvalue weighted by atomic mass is 19.4. The fourth-order valence-corrected chi connectivity index (χ4v) is 4.39. The maximum atomic E-state index is 13.4. The fraction of sp³-hybridized carbons (Fsp3) is 0.579. The van der Waals surface area contributed by atoms with Crippen LogP contribution in [0.3, 0.4) is 0 Å². The van der Waals surface area contributed by atoms with Crippen LogP contribution in [0.25, 0.3) is 0 Å². The quantitative estimate of drug-likeness (QED) is 0.844. The molecule has 27 heavy (non-hydrogen) atoms. The van der Waals surface area contributed by atoms with Gasteiger partial charge in [0.1, 0.15) is 0 Å². The number of hydrogen-bond donors (Lipinski definition) is 1. The van der Waals surface area contributed by atoms with E-state index in [4.69, 9.17) is 5.73 Å². The summed E-state index contributed by atoms with van der Waals surface area (Å²) in [6, 6.07) is 0. The molecule has 1 aromatic rings. The molecule has 1 fully saturated rings. The van der Waals surface area contributed by atoms with Crippen LogP contribution in [-0.4, -0.2) is 27.6 Å². The van der Waals surface area contributed by atoms with E-state index < -0.39 is 23.3 Å². The highest BCUT2D eigenvalue weighted by molar-refractivity contribution is 5.73. The van der Waals surface area contributed by atoms with Gasteiger partial charge in [-0.05, 0) is 37.3 Å². The Morgan fingerprint density at radius 2 is 2.04 bits per heavy atom. The molecule has 3 rings (SSSR count). The molecular weight excluding hydrogens is 357 g/mol. The van der Waals surface area contributed by atoms with Crippen LogP contribution in [0.4, 0.5) is 13.2 Å². The van der Waals surface area contributed by atoms with Gasteiger partial charge in [0.05, 0.1) is 11.3 Å². The Hall–Kier alpha value is -2.25. The average molecular weight is 382 g/mol. The summed E-state index contributed by atoms with van der Waals surface area (Å²) in [4.78, 5) is 13.4. The first-order chi connectivity index (χ1) is 12.7. The molecule has 0 radical (unpaired) electrons. The summed E-state index contributed by atoms with van der Waals surface area (Å²) in [6.07, 6.45) is 6.74. The van der Waals surface area contributed by atoms with Gasteiger partial charge in [-0.3, -0.25) is 4.79 Å². The molecule has 1 saturated carbocycles. The van der Waals surface area contributed by atoms with Crippen LogP contribution in [0.5, 0.6) is 0 Å². The summed E-state index contributed by atoms with van der Waals surface area (Å²) in [5.41, 5.74) is 4.60. The van der Waals surface area contributed by atoms with Gasteiger partial charge in [0.25, 0.3) is 0 Å². The highest BCUT2D eigenvalue weighted by Gasteiger charge is 2.46. The second-order valence-electron chi connectivity index (χ2n) is 7.41. The first-order valence-electron chi connectivity index (χ1n) is 9.20. The molecular formula is C19H25F3N4O. The lowest BCUT2D eigenvalue weighted by atomic mass is 9.81. The Balaban J connectivity index is 2.15. The zero-order chi connectivity index (χ0) is 19.8. The first-order valence-corrected chi connectivity index (χ1v) is 9.20. The van der Waals surface area contributed by atoms with Crippen LogP contribution in [0.1, 0.15) is 49.8 Å². The largest absolute Gasteiger partial charge is 0.419 e. The second kappa shape index (κ2) is 7.05. The third kappa shape index (κ3) is 3.49. The van der Waals surface area contributed by atoms with Gasteiger partial charge in [-0.2, -0.15) is 18.3 Å². The van der Waals surface area contributed by atoms with E-state index in [0.717, 1.165) is 37.5 Å². The minimum atomic E-state index is -4.48. The molecule has 148 valence electrons. The van der Waals surface area contributed by atoms with Crippen molar-refractivity contribution in [2.75, 3.05) is 7.05 Å². The van der Waals surface area contributed by atoms with E-state index in [0.29, 0.717) is 0 Å². The van der Waals surface area contributed by atoms with Crippen LogP contribution < -0.4 is 5.73 Å². The zero-order valence-corrected chi connectivity index (χ0v) is 15.6. The van der Waals surface area contributed by atoms with E-state index in [1.54, 1.807) is 0 Å². The lowest BCUT2D eigenvalue weighted by molar-refractivity contribution is -0.138. The van der Waals surface area contributed by atoms with Gasteiger partial charge in [0.2, 0.25) is 5.91 Å². The van der Waals surface area contributed by atoms with Gasteiger partial charge in [0, 0.05) is 32.3 Å². The van der Waals surface area contributed by atoms with E-state index in [1.165, 1.54) is 11.6 Å². The molecule has 0 spiro atoms. The van der Waals surface area contributed by atoms with E-state index >= 15 is 0 Å². The summed E-state index contributed by atoms with van der Waals surface area (Å²) in [5, 5.41) is 4.25. The molecule has 0 saturated heterocycles. The highest BCUT2D eigenvalue weighted by Crippen LogP contribution is 2.46. The summed E-state index contributed by atoms with van der Waals surface area (Å²) >= 11 is 0. The Kier molecular flexibility index (Phi) is 5.10. The second-order valence-corrected chi connectivity index (χ2v) is 7.41. The number of aromatic nitrogens is 2. The maximum Gasteiger partial charge on any atom is 0.419 e. The van der Waals surface area contributed by atoms with Crippen molar-refractivity contribution in [2.45, 2.75) is 57.3 Å². The van der Waals surface area contributed by atoms with Crippen LogP contribution in [0, 0.1) is 12.8 Å². The molecule has 0 bridgehead atoms. The normalized spacial score (nSPS) is 23.7. The third-order valence-corrected chi connectivity index (χ3v) is 5.73. The minimum absolute atomic E-state index is 0.0580.